The van der Waals surface area contributed by atoms with Gasteiger partial charge in [0.2, 0.25) is 5.52 Å². The summed E-state index contributed by atoms with van der Waals surface area (Å²) in [5.74, 6) is 0.597. The van der Waals surface area contributed by atoms with Gasteiger partial charge in [-0.3, -0.25) is 0 Å². The van der Waals surface area contributed by atoms with Gasteiger partial charge in [0.1, 0.15) is 10.5 Å². The monoisotopic (exact) mass is 227 g/mol. The fourth-order valence-corrected chi connectivity index (χ4v) is 2.76. The van der Waals surface area contributed by atoms with Crippen molar-refractivity contribution in [2.24, 2.45) is 0 Å². The molecule has 1 aromatic heterocycles. The molecule has 0 unspecified atom stereocenters. The van der Waals surface area contributed by atoms with Crippen molar-refractivity contribution in [1.29, 1.82) is 0 Å². The quantitative estimate of drug-likeness (QED) is 0.458. The second kappa shape index (κ2) is 4.16. The minimum absolute atomic E-state index is 0.597. The van der Waals surface area contributed by atoms with Gasteiger partial charge in [0, 0.05) is 18.1 Å². The highest BCUT2D eigenvalue weighted by atomic mass is 32.2. The summed E-state index contributed by atoms with van der Waals surface area (Å²) in [4.78, 5) is 0. The lowest BCUT2D eigenvalue weighted by Gasteiger charge is -1.96. The van der Waals surface area contributed by atoms with Gasteiger partial charge in [0.15, 0.2) is 0 Å². The molecule has 2 aromatic rings. The van der Waals surface area contributed by atoms with Crippen LogP contribution in [0.2, 0.25) is 0 Å². The largest absolute Gasteiger partial charge is 0.617 e. The number of para-hydroxylation sites is 1. The number of fused-ring (bicyclic) bond motifs is 1. The molecular weight excluding hydrogens is 218 g/mol. The van der Waals surface area contributed by atoms with Crippen LogP contribution in [-0.2, 0) is 9.94 Å². The number of hydrogen-bond donors (Lipinski definition) is 0. The van der Waals surface area contributed by atoms with Crippen molar-refractivity contribution in [2.75, 3.05) is 7.11 Å². The predicted molar refractivity (Wildman–Crippen MR) is 59.1 cm³/mol. The van der Waals surface area contributed by atoms with Crippen LogP contribution in [-0.4, -0.2) is 7.11 Å². The zero-order valence-electron chi connectivity index (χ0n) is 7.60. The van der Waals surface area contributed by atoms with E-state index in [-0.39, 0.29) is 0 Å². The molecule has 0 fully saturated rings. The van der Waals surface area contributed by atoms with Crippen molar-refractivity contribution in [2.45, 2.75) is 5.75 Å². The molecule has 1 heterocycles. The topological polar surface area (TPSA) is 36.2 Å². The molecule has 0 aliphatic heterocycles. The van der Waals surface area contributed by atoms with Gasteiger partial charge >= 0.3 is 0 Å². The van der Waals surface area contributed by atoms with Crippen molar-refractivity contribution in [3.8, 4) is 0 Å². The standard InChI is InChI=1S/C9H9NO2S2/c1-12-13-6-9-10(11)7-4-2-3-5-8(7)14-9/h2-5H,6H2,1H3. The Morgan fingerprint density at radius 3 is 3.00 bits per heavy atom. The molecule has 14 heavy (non-hydrogen) atoms. The van der Waals surface area contributed by atoms with Crippen LogP contribution in [0.3, 0.4) is 0 Å². The van der Waals surface area contributed by atoms with Gasteiger partial charge < -0.3 is 9.39 Å². The Bertz CT molecular complexity index is 441. The molecule has 0 aliphatic rings. The summed E-state index contributed by atoms with van der Waals surface area (Å²) in [6, 6.07) is 7.60. The van der Waals surface area contributed by atoms with Crippen LogP contribution in [0.15, 0.2) is 24.3 Å². The molecule has 5 heteroatoms. The predicted octanol–water partition coefficient (Wildman–Crippen LogP) is 2.33. The van der Waals surface area contributed by atoms with Crippen LogP contribution in [0.5, 0.6) is 0 Å². The van der Waals surface area contributed by atoms with Crippen molar-refractivity contribution in [3.05, 3.63) is 34.5 Å². The van der Waals surface area contributed by atoms with Crippen molar-refractivity contribution in [1.82, 2.24) is 0 Å². The number of rotatable bonds is 3. The Morgan fingerprint density at radius 2 is 2.29 bits per heavy atom. The van der Waals surface area contributed by atoms with Gasteiger partial charge in [0.05, 0.1) is 7.11 Å². The first-order valence-electron chi connectivity index (χ1n) is 4.08. The molecule has 2 rings (SSSR count). The van der Waals surface area contributed by atoms with Crippen LogP contribution in [0.1, 0.15) is 5.01 Å². The molecule has 0 amide bonds. The molecule has 0 saturated carbocycles. The number of aromatic nitrogens is 1. The van der Waals surface area contributed by atoms with E-state index in [1.54, 1.807) is 7.11 Å². The van der Waals surface area contributed by atoms with Crippen LogP contribution >= 0.6 is 23.4 Å². The summed E-state index contributed by atoms with van der Waals surface area (Å²) in [5, 5.41) is 12.5. The van der Waals surface area contributed by atoms with Gasteiger partial charge in [-0.25, -0.2) is 0 Å². The maximum Gasteiger partial charge on any atom is 0.262 e. The first-order chi connectivity index (χ1) is 6.83. The van der Waals surface area contributed by atoms with E-state index in [1.807, 2.05) is 24.3 Å². The highest BCUT2D eigenvalue weighted by Crippen LogP contribution is 2.22. The Balaban J connectivity index is 2.41. The fourth-order valence-electron chi connectivity index (χ4n) is 1.21. The van der Waals surface area contributed by atoms with Crippen LogP contribution < -0.4 is 4.73 Å². The molecule has 0 N–H and O–H groups in total. The zero-order valence-corrected chi connectivity index (χ0v) is 9.23. The number of nitrogens with zero attached hydrogens (tertiary/aromatic N) is 1. The molecule has 0 bridgehead atoms. The van der Waals surface area contributed by atoms with E-state index in [1.165, 1.54) is 23.4 Å². The maximum absolute atomic E-state index is 11.7. The van der Waals surface area contributed by atoms with Gasteiger partial charge in [-0.1, -0.05) is 23.5 Å². The van der Waals surface area contributed by atoms with E-state index < -0.39 is 0 Å². The molecule has 0 radical (unpaired) electrons. The maximum atomic E-state index is 11.7. The summed E-state index contributed by atoms with van der Waals surface area (Å²) in [6.07, 6.45) is 0. The summed E-state index contributed by atoms with van der Waals surface area (Å²) < 4.78 is 6.87. The Labute approximate surface area is 90.1 Å². The minimum Gasteiger partial charge on any atom is -0.617 e. The summed E-state index contributed by atoms with van der Waals surface area (Å²) in [5.41, 5.74) is 0.740. The molecule has 1 aromatic carbocycles. The second-order valence-corrected chi connectivity index (χ2v) is 4.66. The lowest BCUT2D eigenvalue weighted by atomic mass is 10.3. The summed E-state index contributed by atoms with van der Waals surface area (Å²) >= 11 is 2.79. The smallest absolute Gasteiger partial charge is 0.262 e. The minimum atomic E-state index is 0.597. The molecule has 0 aliphatic carbocycles. The molecule has 0 spiro atoms. The van der Waals surface area contributed by atoms with Gasteiger partial charge in [0.25, 0.3) is 5.01 Å². The highest BCUT2D eigenvalue weighted by Gasteiger charge is 2.14. The van der Waals surface area contributed by atoms with E-state index >= 15 is 0 Å². The van der Waals surface area contributed by atoms with E-state index in [9.17, 15) is 5.21 Å². The number of hydrogen-bond acceptors (Lipinski definition) is 4. The van der Waals surface area contributed by atoms with E-state index in [4.69, 9.17) is 4.18 Å². The Hall–Kier alpha value is -0.780. The summed E-state index contributed by atoms with van der Waals surface area (Å²) in [6.45, 7) is 0. The summed E-state index contributed by atoms with van der Waals surface area (Å²) in [7, 11) is 1.60. The third-order valence-corrected chi connectivity index (χ3v) is 3.76. The average molecular weight is 227 g/mol. The SMILES string of the molecule is COSCc1sc2ccccc2[n+]1[O-]. The van der Waals surface area contributed by atoms with E-state index in [0.29, 0.717) is 5.75 Å². The van der Waals surface area contributed by atoms with Crippen molar-refractivity contribution >= 4 is 33.6 Å². The molecular formula is C9H9NO2S2. The third kappa shape index (κ3) is 1.70. The van der Waals surface area contributed by atoms with E-state index in [2.05, 4.69) is 0 Å². The molecule has 74 valence electrons. The van der Waals surface area contributed by atoms with Gasteiger partial charge in [-0.2, -0.15) is 4.73 Å². The number of thiazole rings is 1. The van der Waals surface area contributed by atoms with Crippen LogP contribution in [0, 0.1) is 5.21 Å². The Morgan fingerprint density at radius 1 is 1.50 bits per heavy atom. The molecule has 0 atom stereocenters. The van der Waals surface area contributed by atoms with Crippen molar-refractivity contribution < 1.29 is 8.91 Å². The zero-order chi connectivity index (χ0) is 9.97. The van der Waals surface area contributed by atoms with Crippen LogP contribution in [0.4, 0.5) is 0 Å². The fraction of sp³-hybridized carbons (Fsp3) is 0.222. The highest BCUT2D eigenvalue weighted by molar-refractivity contribution is 7.93. The third-order valence-electron chi connectivity index (χ3n) is 1.84. The van der Waals surface area contributed by atoms with Crippen LogP contribution in [0.25, 0.3) is 10.2 Å². The molecule has 3 nitrogen and oxygen atoms in total. The normalized spacial score (nSPS) is 10.9. The molecule has 0 saturated heterocycles. The van der Waals surface area contributed by atoms with Crippen molar-refractivity contribution in [3.63, 3.8) is 0 Å². The average Bonchev–Trinajstić information content (AvgIpc) is 2.54. The number of benzene rings is 1. The first-order valence-corrected chi connectivity index (χ1v) is 5.81. The second-order valence-electron chi connectivity index (χ2n) is 2.69. The lowest BCUT2D eigenvalue weighted by molar-refractivity contribution is -0.579. The van der Waals surface area contributed by atoms with E-state index in [0.717, 1.165) is 20.0 Å². The van der Waals surface area contributed by atoms with Gasteiger partial charge in [-0.15, -0.1) is 0 Å². The van der Waals surface area contributed by atoms with Gasteiger partial charge in [-0.05, 0) is 6.07 Å². The lowest BCUT2D eigenvalue weighted by Crippen LogP contribution is -2.28. The Kier molecular flexibility index (Phi) is 2.90. The first kappa shape index (κ1) is 9.76.